The van der Waals surface area contributed by atoms with Gasteiger partial charge in [-0.3, -0.25) is 4.79 Å². The Labute approximate surface area is 155 Å². The summed E-state index contributed by atoms with van der Waals surface area (Å²) in [6.07, 6.45) is 0.366. The molecule has 0 radical (unpaired) electrons. The van der Waals surface area contributed by atoms with Crippen LogP contribution in [0, 0.1) is 3.57 Å². The Bertz CT molecular complexity index is 676. The molecule has 0 aromatic heterocycles. The summed E-state index contributed by atoms with van der Waals surface area (Å²) < 4.78 is 17.0. The lowest BCUT2D eigenvalue weighted by Crippen LogP contribution is -2.09. The second-order valence-electron chi connectivity index (χ2n) is 5.02. The van der Waals surface area contributed by atoms with E-state index >= 15 is 0 Å². The molecule has 0 aliphatic rings. The molecule has 0 saturated carbocycles. The fourth-order valence-electron chi connectivity index (χ4n) is 2.27. The number of methoxy groups -OCH3 is 3. The van der Waals surface area contributed by atoms with Gasteiger partial charge in [-0.15, -0.1) is 0 Å². The molecule has 0 saturated heterocycles. The van der Waals surface area contributed by atoms with E-state index in [1.165, 1.54) is 24.9 Å². The van der Waals surface area contributed by atoms with Gasteiger partial charge < -0.3 is 19.5 Å². The summed E-state index contributed by atoms with van der Waals surface area (Å²) in [5.74, 6) is 1.44. The highest BCUT2D eigenvalue weighted by Crippen LogP contribution is 2.38. The fourth-order valence-corrected chi connectivity index (χ4v) is 2.63. The second kappa shape index (κ2) is 8.77. The van der Waals surface area contributed by atoms with Gasteiger partial charge in [-0.05, 0) is 59.0 Å². The van der Waals surface area contributed by atoms with Gasteiger partial charge in [-0.2, -0.15) is 0 Å². The molecular formula is C18H20INO4. The highest BCUT2D eigenvalue weighted by molar-refractivity contribution is 14.1. The van der Waals surface area contributed by atoms with E-state index in [0.717, 1.165) is 5.69 Å². The highest BCUT2D eigenvalue weighted by atomic mass is 127. The van der Waals surface area contributed by atoms with E-state index in [4.69, 9.17) is 14.2 Å². The number of carbonyl (C=O) groups excluding carboxylic acids is 1. The van der Waals surface area contributed by atoms with E-state index in [-0.39, 0.29) is 5.78 Å². The average Bonchev–Trinajstić information content (AvgIpc) is 2.61. The van der Waals surface area contributed by atoms with E-state index in [9.17, 15) is 4.79 Å². The van der Waals surface area contributed by atoms with E-state index in [0.29, 0.717) is 35.8 Å². The first-order valence-electron chi connectivity index (χ1n) is 7.41. The number of anilines is 1. The lowest BCUT2D eigenvalue weighted by Gasteiger charge is -2.14. The molecule has 0 bridgehead atoms. The molecule has 24 heavy (non-hydrogen) atoms. The summed E-state index contributed by atoms with van der Waals surface area (Å²) in [6, 6.07) is 11.4. The van der Waals surface area contributed by atoms with E-state index in [2.05, 4.69) is 27.9 Å². The third kappa shape index (κ3) is 4.53. The average molecular weight is 441 g/mol. The Morgan fingerprint density at radius 3 is 2.08 bits per heavy atom. The van der Waals surface area contributed by atoms with Crippen molar-refractivity contribution in [1.82, 2.24) is 0 Å². The molecule has 6 heteroatoms. The van der Waals surface area contributed by atoms with Crippen LogP contribution in [-0.2, 0) is 0 Å². The van der Waals surface area contributed by atoms with Gasteiger partial charge in [-0.1, -0.05) is 0 Å². The van der Waals surface area contributed by atoms with Crippen LogP contribution in [-0.4, -0.2) is 33.7 Å². The molecule has 2 rings (SSSR count). The molecule has 0 spiro atoms. The van der Waals surface area contributed by atoms with Gasteiger partial charge in [0.05, 0.1) is 21.3 Å². The molecule has 2 aromatic rings. The van der Waals surface area contributed by atoms with E-state index < -0.39 is 0 Å². The SMILES string of the molecule is COc1cc(C(=O)CCNc2ccc(I)cc2)cc(OC)c1OC. The van der Waals surface area contributed by atoms with Crippen molar-refractivity contribution in [2.75, 3.05) is 33.2 Å². The van der Waals surface area contributed by atoms with Crippen LogP contribution in [0.2, 0.25) is 0 Å². The van der Waals surface area contributed by atoms with Crippen molar-refractivity contribution in [3.05, 3.63) is 45.5 Å². The smallest absolute Gasteiger partial charge is 0.203 e. The first-order valence-corrected chi connectivity index (χ1v) is 8.49. The first-order chi connectivity index (χ1) is 11.6. The number of rotatable bonds is 8. The number of hydrogen-bond donors (Lipinski definition) is 1. The molecule has 0 aliphatic heterocycles. The first kappa shape index (κ1) is 18.4. The summed E-state index contributed by atoms with van der Waals surface area (Å²) >= 11 is 2.26. The van der Waals surface area contributed by atoms with Crippen LogP contribution in [0.5, 0.6) is 17.2 Å². The zero-order valence-electron chi connectivity index (χ0n) is 13.9. The van der Waals surface area contributed by atoms with Crippen molar-refractivity contribution in [2.24, 2.45) is 0 Å². The van der Waals surface area contributed by atoms with Crippen LogP contribution in [0.1, 0.15) is 16.8 Å². The summed E-state index contributed by atoms with van der Waals surface area (Å²) in [4.78, 5) is 12.4. The van der Waals surface area contributed by atoms with Gasteiger partial charge in [-0.25, -0.2) is 0 Å². The minimum absolute atomic E-state index is 0.00673. The lowest BCUT2D eigenvalue weighted by atomic mass is 10.1. The normalized spacial score (nSPS) is 10.2. The van der Waals surface area contributed by atoms with Gasteiger partial charge in [0.2, 0.25) is 5.75 Å². The van der Waals surface area contributed by atoms with Crippen molar-refractivity contribution in [3.63, 3.8) is 0 Å². The summed E-state index contributed by atoms with van der Waals surface area (Å²) in [5.41, 5.74) is 1.53. The molecular weight excluding hydrogens is 421 g/mol. The van der Waals surface area contributed by atoms with Crippen molar-refractivity contribution in [2.45, 2.75) is 6.42 Å². The zero-order valence-corrected chi connectivity index (χ0v) is 16.0. The maximum absolute atomic E-state index is 12.4. The van der Waals surface area contributed by atoms with Crippen molar-refractivity contribution in [1.29, 1.82) is 0 Å². The van der Waals surface area contributed by atoms with Crippen molar-refractivity contribution >= 4 is 34.1 Å². The summed E-state index contributed by atoms with van der Waals surface area (Å²) in [6.45, 7) is 0.552. The largest absolute Gasteiger partial charge is 0.493 e. The van der Waals surface area contributed by atoms with Crippen LogP contribution in [0.15, 0.2) is 36.4 Å². The zero-order chi connectivity index (χ0) is 17.5. The number of nitrogens with one attached hydrogen (secondary N) is 1. The van der Waals surface area contributed by atoms with Gasteiger partial charge >= 0.3 is 0 Å². The van der Waals surface area contributed by atoms with Gasteiger partial charge in [0.1, 0.15) is 0 Å². The van der Waals surface area contributed by atoms with E-state index in [1.807, 2.05) is 24.3 Å². The summed E-state index contributed by atoms with van der Waals surface area (Å²) in [5, 5.41) is 3.24. The lowest BCUT2D eigenvalue weighted by molar-refractivity contribution is 0.0985. The molecule has 2 aromatic carbocycles. The third-order valence-corrected chi connectivity index (χ3v) is 4.23. The Balaban J connectivity index is 2.05. The molecule has 0 unspecified atom stereocenters. The van der Waals surface area contributed by atoms with E-state index in [1.54, 1.807) is 12.1 Å². The Hall–Kier alpha value is -1.96. The van der Waals surface area contributed by atoms with Crippen LogP contribution in [0.25, 0.3) is 0 Å². The molecule has 0 aliphatic carbocycles. The number of hydrogen-bond acceptors (Lipinski definition) is 5. The minimum atomic E-state index is 0.00673. The van der Waals surface area contributed by atoms with Crippen LogP contribution >= 0.6 is 22.6 Å². The molecule has 0 atom stereocenters. The third-order valence-electron chi connectivity index (χ3n) is 3.51. The highest BCUT2D eigenvalue weighted by Gasteiger charge is 2.16. The Morgan fingerprint density at radius 1 is 1.00 bits per heavy atom. The minimum Gasteiger partial charge on any atom is -0.493 e. The number of carbonyl (C=O) groups is 1. The molecule has 5 nitrogen and oxygen atoms in total. The van der Waals surface area contributed by atoms with Crippen molar-refractivity contribution < 1.29 is 19.0 Å². The molecule has 0 heterocycles. The molecule has 0 fully saturated rings. The Morgan fingerprint density at radius 2 is 1.58 bits per heavy atom. The van der Waals surface area contributed by atoms with Crippen molar-refractivity contribution in [3.8, 4) is 17.2 Å². The van der Waals surface area contributed by atoms with Gasteiger partial charge in [0, 0.05) is 27.8 Å². The Kier molecular flexibility index (Phi) is 6.72. The number of ketones is 1. The van der Waals surface area contributed by atoms with Crippen LogP contribution in [0.3, 0.4) is 0 Å². The van der Waals surface area contributed by atoms with Gasteiger partial charge in [0.15, 0.2) is 17.3 Å². The summed E-state index contributed by atoms with van der Waals surface area (Å²) in [7, 11) is 4.60. The number of ether oxygens (including phenoxy) is 3. The number of halogens is 1. The van der Waals surface area contributed by atoms with Crippen LogP contribution < -0.4 is 19.5 Å². The fraction of sp³-hybridized carbons (Fsp3) is 0.278. The van der Waals surface area contributed by atoms with Crippen LogP contribution in [0.4, 0.5) is 5.69 Å². The number of benzene rings is 2. The maximum atomic E-state index is 12.4. The predicted molar refractivity (Wildman–Crippen MR) is 103 cm³/mol. The second-order valence-corrected chi connectivity index (χ2v) is 6.27. The molecule has 128 valence electrons. The predicted octanol–water partition coefficient (Wildman–Crippen LogP) is 4.00. The monoisotopic (exact) mass is 441 g/mol. The maximum Gasteiger partial charge on any atom is 0.203 e. The molecule has 1 N–H and O–H groups in total. The number of Topliss-reactive ketones (excluding diaryl/α,β-unsaturated/α-hetero) is 1. The standard InChI is InChI=1S/C18H20INO4/c1-22-16-10-12(11-17(23-2)18(16)24-3)15(21)8-9-20-14-6-4-13(19)5-7-14/h4-7,10-11,20H,8-9H2,1-3H3. The van der Waals surface area contributed by atoms with Gasteiger partial charge in [0.25, 0.3) is 0 Å². The quantitative estimate of drug-likeness (QED) is 0.496. The topological polar surface area (TPSA) is 56.8 Å². The molecule has 0 amide bonds.